The molecule has 5 nitrogen and oxygen atoms in total. The van der Waals surface area contributed by atoms with E-state index in [-0.39, 0.29) is 23.1 Å². The lowest BCUT2D eigenvalue weighted by molar-refractivity contribution is -0.140. The SMILES string of the molecule is CCC(C(=O)NC(C)(C)C)N(Cc1cccc(OC)c1)C(=O)CSCc1cccc(Cl)c1. The second-order valence-corrected chi connectivity index (χ2v) is 10.1. The highest BCUT2D eigenvalue weighted by molar-refractivity contribution is 7.99. The van der Waals surface area contributed by atoms with Crippen LogP contribution in [0.15, 0.2) is 48.5 Å². The molecule has 174 valence electrons. The first-order valence-corrected chi connectivity index (χ1v) is 12.2. The van der Waals surface area contributed by atoms with Gasteiger partial charge in [0.25, 0.3) is 0 Å². The minimum absolute atomic E-state index is 0.0734. The number of methoxy groups -OCH3 is 1. The van der Waals surface area contributed by atoms with Gasteiger partial charge >= 0.3 is 0 Å². The minimum atomic E-state index is -0.556. The van der Waals surface area contributed by atoms with Gasteiger partial charge < -0.3 is 15.0 Å². The van der Waals surface area contributed by atoms with Crippen LogP contribution in [0.4, 0.5) is 0 Å². The summed E-state index contributed by atoms with van der Waals surface area (Å²) in [6.45, 7) is 8.08. The first-order chi connectivity index (χ1) is 15.1. The number of nitrogens with one attached hydrogen (secondary N) is 1. The standard InChI is InChI=1S/C25H33ClN2O3S/c1-6-22(24(30)27-25(2,3)4)28(15-18-9-8-12-21(14-18)31-5)23(29)17-32-16-19-10-7-11-20(26)13-19/h7-14,22H,6,15-17H2,1-5H3,(H,27,30). The van der Waals surface area contributed by atoms with E-state index in [2.05, 4.69) is 5.32 Å². The fourth-order valence-electron chi connectivity index (χ4n) is 3.31. The Morgan fingerprint density at radius 3 is 2.44 bits per heavy atom. The molecule has 0 fully saturated rings. The topological polar surface area (TPSA) is 58.6 Å². The Morgan fingerprint density at radius 2 is 1.81 bits per heavy atom. The molecule has 1 atom stereocenters. The van der Waals surface area contributed by atoms with Crippen molar-refractivity contribution in [2.45, 2.75) is 58.0 Å². The van der Waals surface area contributed by atoms with Crippen LogP contribution < -0.4 is 10.1 Å². The molecule has 1 N–H and O–H groups in total. The molecule has 0 radical (unpaired) electrons. The van der Waals surface area contributed by atoms with Crippen LogP contribution in [0.1, 0.15) is 45.2 Å². The molecule has 2 aromatic carbocycles. The molecular weight excluding hydrogens is 444 g/mol. The molecule has 0 aromatic heterocycles. The van der Waals surface area contributed by atoms with Crippen LogP contribution in [0.2, 0.25) is 5.02 Å². The summed E-state index contributed by atoms with van der Waals surface area (Å²) >= 11 is 7.58. The van der Waals surface area contributed by atoms with Gasteiger partial charge in [0.05, 0.1) is 12.9 Å². The van der Waals surface area contributed by atoms with Gasteiger partial charge in [-0.05, 0) is 62.6 Å². The van der Waals surface area contributed by atoms with Crippen LogP contribution in [0, 0.1) is 0 Å². The summed E-state index contributed by atoms with van der Waals surface area (Å²) in [6, 6.07) is 14.7. The van der Waals surface area contributed by atoms with E-state index < -0.39 is 6.04 Å². The van der Waals surface area contributed by atoms with E-state index in [1.807, 2.05) is 76.2 Å². The van der Waals surface area contributed by atoms with E-state index in [1.165, 1.54) is 11.8 Å². The summed E-state index contributed by atoms with van der Waals surface area (Å²) in [5, 5.41) is 3.70. The number of nitrogens with zero attached hydrogens (tertiary/aromatic N) is 1. The van der Waals surface area contributed by atoms with Crippen molar-refractivity contribution in [3.05, 3.63) is 64.7 Å². The Kier molecular flexibility index (Phi) is 9.91. The largest absolute Gasteiger partial charge is 0.497 e. The molecule has 2 rings (SSSR count). The summed E-state index contributed by atoms with van der Waals surface area (Å²) in [5.41, 5.74) is 1.60. The van der Waals surface area contributed by atoms with Crippen LogP contribution in [-0.4, -0.2) is 41.2 Å². The van der Waals surface area contributed by atoms with Gasteiger partial charge in [-0.3, -0.25) is 9.59 Å². The lowest BCUT2D eigenvalue weighted by Crippen LogP contribution is -2.53. The quantitative estimate of drug-likeness (QED) is 0.505. The van der Waals surface area contributed by atoms with Crippen molar-refractivity contribution >= 4 is 35.2 Å². The van der Waals surface area contributed by atoms with E-state index in [0.29, 0.717) is 23.7 Å². The average molecular weight is 477 g/mol. The maximum atomic E-state index is 13.3. The summed E-state index contributed by atoms with van der Waals surface area (Å²) in [5.74, 6) is 1.45. The van der Waals surface area contributed by atoms with E-state index in [0.717, 1.165) is 16.9 Å². The molecule has 2 amide bonds. The Labute approximate surface area is 200 Å². The van der Waals surface area contributed by atoms with Gasteiger partial charge in [-0.2, -0.15) is 0 Å². The number of carbonyl (C=O) groups excluding carboxylic acids is 2. The zero-order valence-electron chi connectivity index (χ0n) is 19.5. The number of ether oxygens (including phenoxy) is 1. The highest BCUT2D eigenvalue weighted by atomic mass is 35.5. The van der Waals surface area contributed by atoms with E-state index in [1.54, 1.807) is 12.0 Å². The average Bonchev–Trinajstić information content (AvgIpc) is 2.72. The van der Waals surface area contributed by atoms with Crippen molar-refractivity contribution in [1.82, 2.24) is 10.2 Å². The summed E-state index contributed by atoms with van der Waals surface area (Å²) in [7, 11) is 1.61. The predicted molar refractivity (Wildman–Crippen MR) is 133 cm³/mol. The van der Waals surface area contributed by atoms with Gasteiger partial charge in [-0.1, -0.05) is 42.8 Å². The van der Waals surface area contributed by atoms with Gasteiger partial charge in [0.15, 0.2) is 0 Å². The molecule has 0 spiro atoms. The fourth-order valence-corrected chi connectivity index (χ4v) is 4.38. The first kappa shape index (κ1) is 26.1. The number of thioether (sulfide) groups is 1. The molecule has 0 heterocycles. The van der Waals surface area contributed by atoms with E-state index >= 15 is 0 Å². The van der Waals surface area contributed by atoms with Crippen LogP contribution >= 0.6 is 23.4 Å². The minimum Gasteiger partial charge on any atom is -0.497 e. The zero-order chi connectivity index (χ0) is 23.7. The van der Waals surface area contributed by atoms with E-state index in [4.69, 9.17) is 16.3 Å². The number of amides is 2. The Balaban J connectivity index is 2.18. The highest BCUT2D eigenvalue weighted by Gasteiger charge is 2.30. The molecule has 7 heteroatoms. The molecule has 0 saturated heterocycles. The monoisotopic (exact) mass is 476 g/mol. The van der Waals surface area contributed by atoms with Crippen molar-refractivity contribution in [2.75, 3.05) is 12.9 Å². The predicted octanol–water partition coefficient (Wildman–Crippen LogP) is 5.30. The van der Waals surface area contributed by atoms with Crippen LogP contribution in [0.25, 0.3) is 0 Å². The molecular formula is C25H33ClN2O3S. The second kappa shape index (κ2) is 12.2. The summed E-state index contributed by atoms with van der Waals surface area (Å²) < 4.78 is 5.32. The third kappa shape index (κ3) is 8.40. The number of carbonyl (C=O) groups is 2. The summed E-state index contributed by atoms with van der Waals surface area (Å²) in [6.07, 6.45) is 0.524. The van der Waals surface area contributed by atoms with Crippen LogP contribution in [0.5, 0.6) is 5.75 Å². The normalized spacial score (nSPS) is 12.2. The molecule has 0 saturated carbocycles. The second-order valence-electron chi connectivity index (χ2n) is 8.66. The smallest absolute Gasteiger partial charge is 0.243 e. The number of hydrogen-bond donors (Lipinski definition) is 1. The highest BCUT2D eigenvalue weighted by Crippen LogP contribution is 2.21. The molecule has 1 unspecified atom stereocenters. The Bertz CT molecular complexity index is 914. The lowest BCUT2D eigenvalue weighted by atomic mass is 10.1. The maximum Gasteiger partial charge on any atom is 0.243 e. The van der Waals surface area contributed by atoms with E-state index in [9.17, 15) is 9.59 Å². The Morgan fingerprint density at radius 1 is 1.12 bits per heavy atom. The van der Waals surface area contributed by atoms with Crippen LogP contribution in [0.3, 0.4) is 0 Å². The van der Waals surface area contributed by atoms with Crippen molar-refractivity contribution in [3.8, 4) is 5.75 Å². The molecule has 32 heavy (non-hydrogen) atoms. The van der Waals surface area contributed by atoms with Crippen molar-refractivity contribution in [2.24, 2.45) is 0 Å². The third-order valence-corrected chi connectivity index (χ3v) is 5.98. The summed E-state index contributed by atoms with van der Waals surface area (Å²) in [4.78, 5) is 28.0. The van der Waals surface area contributed by atoms with Crippen molar-refractivity contribution in [1.29, 1.82) is 0 Å². The van der Waals surface area contributed by atoms with Gasteiger partial charge in [0.1, 0.15) is 11.8 Å². The van der Waals surface area contributed by atoms with Gasteiger partial charge in [-0.15, -0.1) is 11.8 Å². The van der Waals surface area contributed by atoms with Crippen molar-refractivity contribution in [3.63, 3.8) is 0 Å². The molecule has 0 bridgehead atoms. The lowest BCUT2D eigenvalue weighted by Gasteiger charge is -2.33. The maximum absolute atomic E-state index is 13.3. The van der Waals surface area contributed by atoms with Gasteiger partial charge in [-0.25, -0.2) is 0 Å². The Hall–Kier alpha value is -2.18. The fraction of sp³-hybridized carbons (Fsp3) is 0.440. The number of benzene rings is 2. The van der Waals surface area contributed by atoms with Gasteiger partial charge in [0, 0.05) is 22.9 Å². The molecule has 0 aliphatic carbocycles. The van der Waals surface area contributed by atoms with Gasteiger partial charge in [0.2, 0.25) is 11.8 Å². The number of rotatable bonds is 10. The molecule has 0 aliphatic rings. The zero-order valence-corrected chi connectivity index (χ0v) is 21.1. The van der Waals surface area contributed by atoms with Crippen LogP contribution in [-0.2, 0) is 21.9 Å². The number of halogens is 1. The van der Waals surface area contributed by atoms with Crippen molar-refractivity contribution < 1.29 is 14.3 Å². The third-order valence-electron chi connectivity index (χ3n) is 4.75. The number of hydrogen-bond acceptors (Lipinski definition) is 4. The molecule has 2 aromatic rings. The molecule has 0 aliphatic heterocycles. The first-order valence-electron chi connectivity index (χ1n) is 10.7.